The molecule has 36 heavy (non-hydrogen) atoms. The first-order valence-electron chi connectivity index (χ1n) is 12.6. The Morgan fingerprint density at radius 3 is 2.42 bits per heavy atom. The van der Waals surface area contributed by atoms with Crippen molar-refractivity contribution < 1.29 is 4.79 Å². The van der Waals surface area contributed by atoms with Crippen molar-refractivity contribution in [1.29, 1.82) is 0 Å². The highest BCUT2D eigenvalue weighted by Gasteiger charge is 2.23. The number of nitrogens with one attached hydrogen (secondary N) is 1. The van der Waals surface area contributed by atoms with Crippen molar-refractivity contribution in [2.75, 3.05) is 54.4 Å². The van der Waals surface area contributed by atoms with E-state index in [1.165, 1.54) is 5.69 Å². The normalized spacial score (nSPS) is 16.1. The lowest BCUT2D eigenvalue weighted by Crippen LogP contribution is -2.48. The third-order valence-electron chi connectivity index (χ3n) is 7.03. The lowest BCUT2D eigenvalue weighted by molar-refractivity contribution is 0.0747. The monoisotopic (exact) mass is 482 g/mol. The molecule has 184 valence electrons. The molecule has 0 atom stereocenters. The molecule has 9 nitrogen and oxygen atoms in total. The molecule has 2 aliphatic heterocycles. The molecule has 4 heterocycles. The fourth-order valence-electron chi connectivity index (χ4n) is 5.02. The minimum Gasteiger partial charge on any atom is -0.368 e. The molecule has 9 heteroatoms. The molecule has 6 rings (SSSR count). The standard InChI is InChI=1S/C27H30N8O/c1-32-25-23(19-28-32)24(30-27(31-25)35-12-5-6-13-35)29-21-9-7-8-20(18-21)26(36)34-16-14-33(15-17-34)22-10-3-2-4-11-22/h2-4,7-11,18-19H,5-6,12-17H2,1H3,(H,29,30,31). The van der Waals surface area contributed by atoms with E-state index in [0.29, 0.717) is 24.5 Å². The van der Waals surface area contributed by atoms with Gasteiger partial charge >= 0.3 is 0 Å². The summed E-state index contributed by atoms with van der Waals surface area (Å²) in [5, 5.41) is 8.69. The zero-order valence-corrected chi connectivity index (χ0v) is 20.5. The molecule has 2 fully saturated rings. The fourth-order valence-corrected chi connectivity index (χ4v) is 5.02. The van der Waals surface area contributed by atoms with Gasteiger partial charge in [-0.1, -0.05) is 24.3 Å². The Kier molecular flexibility index (Phi) is 5.88. The van der Waals surface area contributed by atoms with Crippen LogP contribution in [0.1, 0.15) is 23.2 Å². The number of hydrogen-bond donors (Lipinski definition) is 1. The van der Waals surface area contributed by atoms with Gasteiger partial charge in [0.1, 0.15) is 5.82 Å². The SMILES string of the molecule is Cn1ncc2c(Nc3cccc(C(=O)N4CCN(c5ccccc5)CC4)c3)nc(N3CCCC3)nc21. The largest absolute Gasteiger partial charge is 0.368 e. The van der Waals surface area contributed by atoms with Crippen molar-refractivity contribution in [1.82, 2.24) is 24.6 Å². The Morgan fingerprint density at radius 1 is 0.861 bits per heavy atom. The number of carbonyl (C=O) groups is 1. The zero-order valence-electron chi connectivity index (χ0n) is 20.5. The van der Waals surface area contributed by atoms with E-state index >= 15 is 0 Å². The highest BCUT2D eigenvalue weighted by atomic mass is 16.2. The van der Waals surface area contributed by atoms with E-state index in [1.807, 2.05) is 42.3 Å². The molecular weight excluding hydrogens is 452 g/mol. The molecule has 0 aliphatic carbocycles. The number of aryl methyl sites for hydroxylation is 1. The van der Waals surface area contributed by atoms with Crippen LogP contribution in [0.15, 0.2) is 60.8 Å². The van der Waals surface area contributed by atoms with Crippen LogP contribution >= 0.6 is 0 Å². The summed E-state index contributed by atoms with van der Waals surface area (Å²) < 4.78 is 1.77. The minimum atomic E-state index is 0.0540. The van der Waals surface area contributed by atoms with Crippen LogP contribution < -0.4 is 15.1 Å². The van der Waals surface area contributed by atoms with E-state index < -0.39 is 0 Å². The zero-order chi connectivity index (χ0) is 24.5. The van der Waals surface area contributed by atoms with E-state index in [-0.39, 0.29) is 5.91 Å². The highest BCUT2D eigenvalue weighted by Crippen LogP contribution is 2.28. The molecule has 4 aromatic rings. The summed E-state index contributed by atoms with van der Waals surface area (Å²) in [4.78, 5) is 29.4. The summed E-state index contributed by atoms with van der Waals surface area (Å²) in [7, 11) is 1.89. The number of amides is 1. The number of anilines is 4. The predicted octanol–water partition coefficient (Wildman–Crippen LogP) is 3.67. The molecule has 0 radical (unpaired) electrons. The lowest BCUT2D eigenvalue weighted by atomic mass is 10.1. The molecule has 0 unspecified atom stereocenters. The van der Waals surface area contributed by atoms with Gasteiger partial charge in [0.25, 0.3) is 5.91 Å². The lowest BCUT2D eigenvalue weighted by Gasteiger charge is -2.36. The summed E-state index contributed by atoms with van der Waals surface area (Å²) >= 11 is 0. The molecule has 0 bridgehead atoms. The first kappa shape index (κ1) is 22.3. The van der Waals surface area contributed by atoms with Crippen LogP contribution in [0.25, 0.3) is 11.0 Å². The second kappa shape index (κ2) is 9.49. The Hall–Kier alpha value is -4.14. The van der Waals surface area contributed by atoms with Crippen LogP contribution in [0.3, 0.4) is 0 Å². The van der Waals surface area contributed by atoms with E-state index in [2.05, 4.69) is 44.5 Å². The molecule has 2 aromatic heterocycles. The number of benzene rings is 2. The second-order valence-corrected chi connectivity index (χ2v) is 9.39. The number of carbonyl (C=O) groups excluding carboxylic acids is 1. The van der Waals surface area contributed by atoms with E-state index in [4.69, 9.17) is 9.97 Å². The Morgan fingerprint density at radius 2 is 1.64 bits per heavy atom. The molecular formula is C27H30N8O. The number of rotatable bonds is 5. The maximum absolute atomic E-state index is 13.3. The Balaban J connectivity index is 1.20. The number of hydrogen-bond acceptors (Lipinski definition) is 7. The molecule has 2 aliphatic rings. The average molecular weight is 483 g/mol. The molecule has 2 saturated heterocycles. The Bertz CT molecular complexity index is 1370. The maximum atomic E-state index is 13.3. The van der Waals surface area contributed by atoms with Crippen LogP contribution in [0.5, 0.6) is 0 Å². The highest BCUT2D eigenvalue weighted by molar-refractivity contribution is 5.96. The third kappa shape index (κ3) is 4.32. The number of piperazine rings is 1. The molecule has 1 amide bonds. The van der Waals surface area contributed by atoms with E-state index in [1.54, 1.807) is 10.9 Å². The first-order chi connectivity index (χ1) is 17.7. The third-order valence-corrected chi connectivity index (χ3v) is 7.03. The summed E-state index contributed by atoms with van der Waals surface area (Å²) in [5.74, 6) is 1.48. The molecule has 0 saturated carbocycles. The summed E-state index contributed by atoms with van der Waals surface area (Å²) in [6, 6.07) is 18.0. The van der Waals surface area contributed by atoms with Crippen molar-refractivity contribution in [3.8, 4) is 0 Å². The van der Waals surface area contributed by atoms with E-state index in [0.717, 1.165) is 61.7 Å². The van der Waals surface area contributed by atoms with Gasteiger partial charge in [-0.2, -0.15) is 15.1 Å². The van der Waals surface area contributed by atoms with Crippen molar-refractivity contribution in [2.45, 2.75) is 12.8 Å². The maximum Gasteiger partial charge on any atom is 0.254 e. The van der Waals surface area contributed by atoms with Gasteiger partial charge in [-0.05, 0) is 43.2 Å². The molecule has 1 N–H and O–H groups in total. The van der Waals surface area contributed by atoms with Crippen LogP contribution in [0, 0.1) is 0 Å². The summed E-state index contributed by atoms with van der Waals surface area (Å²) in [6.45, 7) is 4.98. The van der Waals surface area contributed by atoms with Gasteiger partial charge in [0, 0.05) is 63.3 Å². The van der Waals surface area contributed by atoms with Gasteiger partial charge in [-0.15, -0.1) is 0 Å². The van der Waals surface area contributed by atoms with Crippen molar-refractivity contribution in [2.24, 2.45) is 7.05 Å². The Labute approximate surface area is 210 Å². The van der Waals surface area contributed by atoms with Crippen molar-refractivity contribution in [3.63, 3.8) is 0 Å². The first-order valence-corrected chi connectivity index (χ1v) is 12.6. The van der Waals surface area contributed by atoms with Crippen LogP contribution in [0.4, 0.5) is 23.1 Å². The fraction of sp³-hybridized carbons (Fsp3) is 0.333. The average Bonchev–Trinajstić information content (AvgIpc) is 3.60. The van der Waals surface area contributed by atoms with Gasteiger partial charge in [0.2, 0.25) is 5.95 Å². The topological polar surface area (TPSA) is 82.4 Å². The second-order valence-electron chi connectivity index (χ2n) is 9.39. The van der Waals surface area contributed by atoms with Crippen LogP contribution in [0.2, 0.25) is 0 Å². The number of para-hydroxylation sites is 1. The van der Waals surface area contributed by atoms with Crippen molar-refractivity contribution in [3.05, 3.63) is 66.4 Å². The predicted molar refractivity (Wildman–Crippen MR) is 142 cm³/mol. The number of nitrogens with zero attached hydrogens (tertiary/aromatic N) is 7. The van der Waals surface area contributed by atoms with Gasteiger partial charge < -0.3 is 20.0 Å². The van der Waals surface area contributed by atoms with Gasteiger partial charge in [-0.3, -0.25) is 9.48 Å². The smallest absolute Gasteiger partial charge is 0.254 e. The number of aromatic nitrogens is 4. The van der Waals surface area contributed by atoms with Gasteiger partial charge in [0.05, 0.1) is 11.6 Å². The summed E-state index contributed by atoms with van der Waals surface area (Å²) in [5.41, 5.74) is 3.48. The van der Waals surface area contributed by atoms with Crippen molar-refractivity contribution >= 4 is 40.1 Å². The van der Waals surface area contributed by atoms with E-state index in [9.17, 15) is 4.79 Å². The minimum absolute atomic E-state index is 0.0540. The van der Waals surface area contributed by atoms with Crippen LogP contribution in [-0.4, -0.2) is 69.8 Å². The quantitative estimate of drug-likeness (QED) is 0.465. The summed E-state index contributed by atoms with van der Waals surface area (Å²) in [6.07, 6.45) is 4.09. The number of fused-ring (bicyclic) bond motifs is 1. The van der Waals surface area contributed by atoms with Gasteiger partial charge in [0.15, 0.2) is 5.65 Å². The van der Waals surface area contributed by atoms with Crippen LogP contribution in [-0.2, 0) is 7.05 Å². The van der Waals surface area contributed by atoms with Gasteiger partial charge in [-0.25, -0.2) is 0 Å². The molecule has 2 aromatic carbocycles. The molecule has 0 spiro atoms.